The monoisotopic (exact) mass is 189 g/mol. The molecule has 14 heavy (non-hydrogen) atoms. The maximum absolute atomic E-state index is 5.88. The third-order valence-electron chi connectivity index (χ3n) is 2.66. The van der Waals surface area contributed by atoms with E-state index in [1.165, 1.54) is 16.7 Å². The first-order valence-electron chi connectivity index (χ1n) is 4.85. The van der Waals surface area contributed by atoms with Gasteiger partial charge < -0.3 is 10.5 Å². The summed E-state index contributed by atoms with van der Waals surface area (Å²) in [4.78, 5) is 0. The zero-order chi connectivity index (χ0) is 10.1. The first-order valence-corrected chi connectivity index (χ1v) is 4.85. The molecular weight excluding hydrogens is 174 g/mol. The lowest BCUT2D eigenvalue weighted by Crippen LogP contribution is -2.15. The van der Waals surface area contributed by atoms with Crippen LogP contribution in [-0.4, -0.2) is 13.2 Å². The minimum absolute atomic E-state index is 0.115. The first kappa shape index (κ1) is 9.28. The van der Waals surface area contributed by atoms with Crippen LogP contribution in [0.3, 0.4) is 0 Å². The summed E-state index contributed by atoms with van der Waals surface area (Å²) in [6, 6.07) is 6.28. The van der Waals surface area contributed by atoms with E-state index in [1.807, 2.05) is 13.0 Å². The van der Waals surface area contributed by atoms with Gasteiger partial charge in [-0.15, -0.1) is 0 Å². The lowest BCUT2D eigenvalue weighted by atomic mass is 10.0. The molecule has 0 aliphatic heterocycles. The van der Waals surface area contributed by atoms with Crippen molar-refractivity contribution in [3.05, 3.63) is 35.4 Å². The van der Waals surface area contributed by atoms with Crippen LogP contribution < -0.4 is 10.5 Å². The maximum atomic E-state index is 5.88. The zero-order valence-corrected chi connectivity index (χ0v) is 8.58. The van der Waals surface area contributed by atoms with Gasteiger partial charge in [-0.2, -0.15) is 0 Å². The highest BCUT2D eigenvalue weighted by Crippen LogP contribution is 2.31. The van der Waals surface area contributed by atoms with E-state index < -0.39 is 0 Å². The molecule has 0 saturated carbocycles. The van der Waals surface area contributed by atoms with Crippen molar-refractivity contribution < 1.29 is 4.74 Å². The summed E-state index contributed by atoms with van der Waals surface area (Å²) in [7, 11) is 1.69. The molecule has 0 aromatic heterocycles. The molecule has 0 amide bonds. The van der Waals surface area contributed by atoms with Gasteiger partial charge in [0.15, 0.2) is 0 Å². The van der Waals surface area contributed by atoms with Gasteiger partial charge in [-0.1, -0.05) is 12.1 Å². The number of nitrogens with two attached hydrogens (primary N) is 1. The number of ether oxygens (including phenoxy) is 1. The molecule has 0 bridgehead atoms. The van der Waals surface area contributed by atoms with Crippen LogP contribution in [0.15, 0.2) is 24.3 Å². The van der Waals surface area contributed by atoms with E-state index in [0.717, 1.165) is 12.2 Å². The second-order valence-corrected chi connectivity index (χ2v) is 3.68. The fourth-order valence-corrected chi connectivity index (χ4v) is 1.91. The molecule has 2 N–H and O–H groups in total. The highest BCUT2D eigenvalue weighted by Gasteiger charge is 2.16. The summed E-state index contributed by atoms with van der Waals surface area (Å²) in [5.41, 5.74) is 9.73. The second-order valence-electron chi connectivity index (χ2n) is 3.68. The standard InChI is InChI=1S/C12H15NO/c1-8(13)11-5-3-9-7-10(14-2)4-6-12(9)11/h4-8H,3,13H2,1-2H3. The Morgan fingerprint density at radius 3 is 2.86 bits per heavy atom. The topological polar surface area (TPSA) is 35.2 Å². The average Bonchev–Trinajstić information content (AvgIpc) is 2.59. The number of hydrogen-bond donors (Lipinski definition) is 1. The Bertz CT molecular complexity index is 380. The van der Waals surface area contributed by atoms with Crippen molar-refractivity contribution in [3.63, 3.8) is 0 Å². The van der Waals surface area contributed by atoms with Gasteiger partial charge >= 0.3 is 0 Å². The Morgan fingerprint density at radius 1 is 1.43 bits per heavy atom. The fraction of sp³-hybridized carbons (Fsp3) is 0.333. The molecule has 1 aromatic carbocycles. The summed E-state index contributed by atoms with van der Waals surface area (Å²) in [5, 5.41) is 0. The van der Waals surface area contributed by atoms with Crippen molar-refractivity contribution in [2.24, 2.45) is 5.73 Å². The molecule has 2 heteroatoms. The van der Waals surface area contributed by atoms with Gasteiger partial charge in [0.25, 0.3) is 0 Å². The Hall–Kier alpha value is -1.28. The predicted molar refractivity (Wildman–Crippen MR) is 58.3 cm³/mol. The Balaban J connectivity index is 2.39. The first-order chi connectivity index (χ1) is 6.72. The number of fused-ring (bicyclic) bond motifs is 1. The maximum Gasteiger partial charge on any atom is 0.119 e. The molecule has 2 nitrogen and oxygen atoms in total. The van der Waals surface area contributed by atoms with Gasteiger partial charge in [0.1, 0.15) is 5.75 Å². The molecule has 0 fully saturated rings. The van der Waals surface area contributed by atoms with Crippen molar-refractivity contribution in [1.29, 1.82) is 0 Å². The van der Waals surface area contributed by atoms with Crippen LogP contribution in [-0.2, 0) is 6.42 Å². The molecule has 1 aliphatic carbocycles. The van der Waals surface area contributed by atoms with Gasteiger partial charge in [-0.3, -0.25) is 0 Å². The summed E-state index contributed by atoms with van der Waals surface area (Å²) in [6.45, 7) is 2.02. The minimum Gasteiger partial charge on any atom is -0.497 e. The van der Waals surface area contributed by atoms with Gasteiger partial charge in [-0.05, 0) is 42.2 Å². The zero-order valence-electron chi connectivity index (χ0n) is 8.58. The van der Waals surface area contributed by atoms with Crippen molar-refractivity contribution in [2.45, 2.75) is 19.4 Å². The SMILES string of the molecule is COc1ccc2c(c1)CC=C2C(C)N. The number of rotatable bonds is 2. The molecule has 1 atom stereocenters. The summed E-state index contributed by atoms with van der Waals surface area (Å²) >= 11 is 0. The fourth-order valence-electron chi connectivity index (χ4n) is 1.91. The molecule has 0 saturated heterocycles. The summed E-state index contributed by atoms with van der Waals surface area (Å²) in [5.74, 6) is 0.920. The Kier molecular flexibility index (Phi) is 2.30. The van der Waals surface area contributed by atoms with Crippen molar-refractivity contribution in [3.8, 4) is 5.75 Å². The van der Waals surface area contributed by atoms with Crippen molar-refractivity contribution in [2.75, 3.05) is 7.11 Å². The van der Waals surface area contributed by atoms with E-state index in [-0.39, 0.29) is 6.04 Å². The lowest BCUT2D eigenvalue weighted by molar-refractivity contribution is 0.414. The van der Waals surface area contributed by atoms with Crippen LogP contribution in [0.4, 0.5) is 0 Å². The molecule has 74 valence electrons. The van der Waals surface area contributed by atoms with Crippen LogP contribution in [0.2, 0.25) is 0 Å². The summed E-state index contributed by atoms with van der Waals surface area (Å²) in [6.07, 6.45) is 3.18. The van der Waals surface area contributed by atoms with Crippen LogP contribution in [0.25, 0.3) is 5.57 Å². The van der Waals surface area contributed by atoms with Crippen LogP contribution in [0, 0.1) is 0 Å². The number of allylic oxidation sites excluding steroid dienone is 1. The molecule has 0 heterocycles. The minimum atomic E-state index is 0.115. The molecule has 1 unspecified atom stereocenters. The Labute approximate surface area is 84.4 Å². The Morgan fingerprint density at radius 2 is 2.21 bits per heavy atom. The molecule has 1 aliphatic rings. The molecular formula is C12H15NO. The molecule has 0 spiro atoms. The van der Waals surface area contributed by atoms with Gasteiger partial charge in [0.2, 0.25) is 0 Å². The van der Waals surface area contributed by atoms with E-state index in [4.69, 9.17) is 10.5 Å². The molecule has 1 aromatic rings. The third kappa shape index (κ3) is 1.42. The average molecular weight is 189 g/mol. The van der Waals surface area contributed by atoms with E-state index in [9.17, 15) is 0 Å². The van der Waals surface area contributed by atoms with Crippen molar-refractivity contribution in [1.82, 2.24) is 0 Å². The van der Waals surface area contributed by atoms with Crippen LogP contribution >= 0.6 is 0 Å². The van der Waals surface area contributed by atoms with Crippen molar-refractivity contribution >= 4 is 5.57 Å². The number of benzene rings is 1. The van der Waals surface area contributed by atoms with E-state index >= 15 is 0 Å². The van der Waals surface area contributed by atoms with Gasteiger partial charge in [0, 0.05) is 6.04 Å². The smallest absolute Gasteiger partial charge is 0.119 e. The third-order valence-corrected chi connectivity index (χ3v) is 2.66. The van der Waals surface area contributed by atoms with E-state index in [1.54, 1.807) is 7.11 Å². The highest BCUT2D eigenvalue weighted by atomic mass is 16.5. The van der Waals surface area contributed by atoms with Crippen LogP contribution in [0.1, 0.15) is 18.1 Å². The predicted octanol–water partition coefficient (Wildman–Crippen LogP) is 1.98. The van der Waals surface area contributed by atoms with Gasteiger partial charge in [0.05, 0.1) is 7.11 Å². The quantitative estimate of drug-likeness (QED) is 0.772. The normalized spacial score (nSPS) is 16.1. The summed E-state index contributed by atoms with van der Waals surface area (Å²) < 4.78 is 5.18. The number of methoxy groups -OCH3 is 1. The van der Waals surface area contributed by atoms with Gasteiger partial charge in [-0.25, -0.2) is 0 Å². The number of hydrogen-bond acceptors (Lipinski definition) is 2. The molecule has 0 radical (unpaired) electrons. The second kappa shape index (κ2) is 3.46. The van der Waals surface area contributed by atoms with E-state index in [0.29, 0.717) is 0 Å². The lowest BCUT2D eigenvalue weighted by Gasteiger charge is -2.10. The molecule has 2 rings (SSSR count). The largest absolute Gasteiger partial charge is 0.497 e. The van der Waals surface area contributed by atoms with Crippen LogP contribution in [0.5, 0.6) is 5.75 Å². The van der Waals surface area contributed by atoms with E-state index in [2.05, 4.69) is 18.2 Å². The highest BCUT2D eigenvalue weighted by molar-refractivity contribution is 5.76.